The lowest BCUT2D eigenvalue weighted by Gasteiger charge is -2.30. The molecule has 8 heteroatoms. The molecule has 2 aromatic carbocycles. The molecule has 0 aliphatic carbocycles. The highest BCUT2D eigenvalue weighted by Gasteiger charge is 2.34. The van der Waals surface area contributed by atoms with Gasteiger partial charge in [-0.1, -0.05) is 12.1 Å². The van der Waals surface area contributed by atoms with Crippen molar-refractivity contribution in [1.82, 2.24) is 20.4 Å². The maximum atomic E-state index is 12.5. The van der Waals surface area contributed by atoms with E-state index in [1.165, 1.54) is 0 Å². The van der Waals surface area contributed by atoms with Gasteiger partial charge in [-0.05, 0) is 51.1 Å². The topological polar surface area (TPSA) is 94.5 Å². The number of carbonyl (C=O) groups excluding carboxylic acids is 2. The summed E-state index contributed by atoms with van der Waals surface area (Å²) in [6.07, 6.45) is -1.38. The highest BCUT2D eigenvalue weighted by molar-refractivity contribution is 5.98. The van der Waals surface area contributed by atoms with E-state index in [1.54, 1.807) is 37.3 Å². The first-order valence-corrected chi connectivity index (χ1v) is 9.47. The molecule has 4 rings (SSSR count). The maximum absolute atomic E-state index is 12.5. The van der Waals surface area contributed by atoms with Gasteiger partial charge in [-0.25, -0.2) is 4.98 Å². The molecule has 0 fully saturated rings. The van der Waals surface area contributed by atoms with Crippen molar-refractivity contribution in [3.05, 3.63) is 53.9 Å². The van der Waals surface area contributed by atoms with Crippen LogP contribution in [0.4, 0.5) is 0 Å². The number of aryl methyl sites for hydroxylation is 2. The highest BCUT2D eigenvalue weighted by atomic mass is 16.6. The Bertz CT molecular complexity index is 1090. The zero-order chi connectivity index (χ0) is 20.5. The number of amides is 2. The van der Waals surface area contributed by atoms with E-state index in [9.17, 15) is 9.59 Å². The molecule has 150 valence electrons. The highest BCUT2D eigenvalue weighted by Crippen LogP contribution is 2.33. The molecular weight excluding hydrogens is 372 g/mol. The molecule has 1 aromatic heterocycles. The number of rotatable bonds is 3. The van der Waals surface area contributed by atoms with Gasteiger partial charge in [0.1, 0.15) is 11.9 Å². The molecule has 1 aliphatic rings. The molecule has 2 atom stereocenters. The number of hydrazine groups is 1. The number of hydrogen-bond donors (Lipinski definition) is 2. The van der Waals surface area contributed by atoms with E-state index in [2.05, 4.69) is 20.4 Å². The summed E-state index contributed by atoms with van der Waals surface area (Å²) < 4.78 is 13.5. The first-order chi connectivity index (χ1) is 14.0. The lowest BCUT2D eigenvalue weighted by Crippen LogP contribution is -2.53. The number of ether oxygens (including phenoxy) is 2. The monoisotopic (exact) mass is 394 g/mol. The van der Waals surface area contributed by atoms with E-state index in [-0.39, 0.29) is 0 Å². The van der Waals surface area contributed by atoms with Crippen LogP contribution in [0.5, 0.6) is 11.5 Å². The third-order valence-electron chi connectivity index (χ3n) is 4.92. The van der Waals surface area contributed by atoms with Crippen LogP contribution in [-0.4, -0.2) is 33.6 Å². The van der Waals surface area contributed by atoms with Crippen molar-refractivity contribution in [2.75, 3.05) is 0 Å². The minimum absolute atomic E-state index is 0.401. The van der Waals surface area contributed by atoms with E-state index in [0.717, 1.165) is 23.4 Å². The largest absolute Gasteiger partial charge is 0.482 e. The molecule has 2 heterocycles. The summed E-state index contributed by atoms with van der Waals surface area (Å²) in [6.45, 7) is 6.51. The number of nitrogens with one attached hydrogen (secondary N) is 2. The summed E-state index contributed by atoms with van der Waals surface area (Å²) in [5.74, 6) is 1.03. The Balaban J connectivity index is 1.43. The van der Waals surface area contributed by atoms with Gasteiger partial charge in [0.25, 0.3) is 11.8 Å². The van der Waals surface area contributed by atoms with Crippen LogP contribution in [0.25, 0.3) is 11.0 Å². The number of aromatic nitrogens is 2. The lowest BCUT2D eigenvalue weighted by atomic mass is 10.1. The van der Waals surface area contributed by atoms with E-state index >= 15 is 0 Å². The van der Waals surface area contributed by atoms with Crippen molar-refractivity contribution in [2.24, 2.45) is 0 Å². The molecule has 1 aliphatic heterocycles. The van der Waals surface area contributed by atoms with Crippen LogP contribution in [0.3, 0.4) is 0 Å². The first-order valence-electron chi connectivity index (χ1n) is 9.47. The normalized spacial score (nSPS) is 17.8. The van der Waals surface area contributed by atoms with E-state index in [1.807, 2.05) is 26.0 Å². The number of para-hydroxylation sites is 2. The van der Waals surface area contributed by atoms with Gasteiger partial charge < -0.3 is 14.0 Å². The van der Waals surface area contributed by atoms with Gasteiger partial charge in [-0.3, -0.25) is 20.4 Å². The van der Waals surface area contributed by atoms with Crippen LogP contribution in [0, 0.1) is 6.92 Å². The van der Waals surface area contributed by atoms with Crippen LogP contribution >= 0.6 is 0 Å². The van der Waals surface area contributed by atoms with Crippen molar-refractivity contribution < 1.29 is 19.1 Å². The fraction of sp³-hybridized carbons (Fsp3) is 0.286. The molecule has 0 spiro atoms. The number of nitrogens with zero attached hydrogens (tertiary/aromatic N) is 2. The predicted octanol–water partition coefficient (Wildman–Crippen LogP) is 2.35. The number of benzene rings is 2. The van der Waals surface area contributed by atoms with Crippen LogP contribution in [-0.2, 0) is 11.3 Å². The predicted molar refractivity (Wildman–Crippen MR) is 107 cm³/mol. The molecule has 0 saturated carbocycles. The van der Waals surface area contributed by atoms with Crippen LogP contribution in [0.2, 0.25) is 0 Å². The number of hydrogen-bond acceptors (Lipinski definition) is 5. The molecule has 0 unspecified atom stereocenters. The molecule has 3 aromatic rings. The summed E-state index contributed by atoms with van der Waals surface area (Å²) in [7, 11) is 0. The SMILES string of the molecule is CCn1c(C)nc2cc(C(=O)NNC(=O)[C@H]3Oc4ccccc4O[C@@H]3C)ccc21. The van der Waals surface area contributed by atoms with Crippen LogP contribution in [0.15, 0.2) is 42.5 Å². The number of imidazole rings is 1. The molecule has 0 radical (unpaired) electrons. The molecular formula is C21H22N4O4. The fourth-order valence-electron chi connectivity index (χ4n) is 3.46. The van der Waals surface area contributed by atoms with Crippen molar-refractivity contribution in [3.63, 3.8) is 0 Å². The van der Waals surface area contributed by atoms with Crippen molar-refractivity contribution in [2.45, 2.75) is 39.5 Å². The molecule has 2 N–H and O–H groups in total. The van der Waals surface area contributed by atoms with Crippen molar-refractivity contribution in [1.29, 1.82) is 0 Å². The Hall–Kier alpha value is -3.55. The summed E-state index contributed by atoms with van der Waals surface area (Å²) in [4.78, 5) is 29.5. The van der Waals surface area contributed by atoms with Gasteiger partial charge in [0, 0.05) is 12.1 Å². The second-order valence-electron chi connectivity index (χ2n) is 6.86. The zero-order valence-electron chi connectivity index (χ0n) is 16.4. The Morgan fingerprint density at radius 1 is 1.10 bits per heavy atom. The molecule has 29 heavy (non-hydrogen) atoms. The Morgan fingerprint density at radius 2 is 1.83 bits per heavy atom. The van der Waals surface area contributed by atoms with E-state index in [4.69, 9.17) is 9.47 Å². The summed E-state index contributed by atoms with van der Waals surface area (Å²) in [5, 5.41) is 0. The van der Waals surface area contributed by atoms with E-state index in [0.29, 0.717) is 17.1 Å². The molecule has 0 saturated heterocycles. The van der Waals surface area contributed by atoms with Gasteiger partial charge in [-0.2, -0.15) is 0 Å². The molecule has 8 nitrogen and oxygen atoms in total. The average Bonchev–Trinajstić information content (AvgIpc) is 3.05. The van der Waals surface area contributed by atoms with Gasteiger partial charge in [0.05, 0.1) is 11.0 Å². The van der Waals surface area contributed by atoms with Gasteiger partial charge in [0.15, 0.2) is 11.5 Å². The van der Waals surface area contributed by atoms with Gasteiger partial charge >= 0.3 is 0 Å². The van der Waals surface area contributed by atoms with Gasteiger partial charge in [0.2, 0.25) is 6.10 Å². The second kappa shape index (κ2) is 7.46. The summed E-state index contributed by atoms with van der Waals surface area (Å²) >= 11 is 0. The zero-order valence-corrected chi connectivity index (χ0v) is 16.4. The number of fused-ring (bicyclic) bond motifs is 2. The molecule has 2 amide bonds. The summed E-state index contributed by atoms with van der Waals surface area (Å²) in [5.41, 5.74) is 6.95. The number of carbonyl (C=O) groups is 2. The third kappa shape index (κ3) is 3.49. The van der Waals surface area contributed by atoms with Crippen molar-refractivity contribution >= 4 is 22.8 Å². The third-order valence-corrected chi connectivity index (χ3v) is 4.92. The minimum Gasteiger partial charge on any atom is -0.482 e. The van der Waals surface area contributed by atoms with Gasteiger partial charge in [-0.15, -0.1) is 0 Å². The minimum atomic E-state index is -0.879. The maximum Gasteiger partial charge on any atom is 0.283 e. The average molecular weight is 394 g/mol. The standard InChI is InChI=1S/C21H22N4O4/c1-4-25-13(3)22-15-11-14(9-10-16(15)25)20(26)23-24-21(27)19-12(2)28-17-7-5-6-8-18(17)29-19/h5-12,19H,4H2,1-3H3,(H,23,26)(H,24,27)/t12-,19+/m1/s1. The Morgan fingerprint density at radius 3 is 2.55 bits per heavy atom. The molecule has 0 bridgehead atoms. The van der Waals surface area contributed by atoms with Crippen molar-refractivity contribution in [3.8, 4) is 11.5 Å². The Labute approximate surface area is 167 Å². The fourth-order valence-corrected chi connectivity index (χ4v) is 3.46. The van der Waals surface area contributed by atoms with Crippen LogP contribution < -0.4 is 20.3 Å². The smallest absolute Gasteiger partial charge is 0.283 e. The second-order valence-corrected chi connectivity index (χ2v) is 6.86. The van der Waals surface area contributed by atoms with E-state index < -0.39 is 24.0 Å². The Kier molecular flexibility index (Phi) is 4.84. The quantitative estimate of drug-likeness (QED) is 0.665. The lowest BCUT2D eigenvalue weighted by molar-refractivity contribution is -0.134. The summed E-state index contributed by atoms with van der Waals surface area (Å²) in [6, 6.07) is 12.4. The first kappa shape index (κ1) is 18.8. The van der Waals surface area contributed by atoms with Crippen LogP contribution in [0.1, 0.15) is 30.0 Å².